The van der Waals surface area contributed by atoms with Gasteiger partial charge >= 0.3 is 6.18 Å². The van der Waals surface area contributed by atoms with Crippen molar-refractivity contribution in [3.8, 4) is 11.1 Å². The van der Waals surface area contributed by atoms with E-state index in [1.54, 1.807) is 6.07 Å². The first-order chi connectivity index (χ1) is 9.21. The first-order valence-corrected chi connectivity index (χ1v) is 6.88. The highest BCUT2D eigenvalue weighted by Crippen LogP contribution is 2.40. The second-order valence-corrected chi connectivity index (χ2v) is 5.41. The second-order valence-electron chi connectivity index (χ2n) is 4.02. The van der Waals surface area contributed by atoms with Gasteiger partial charge in [0.1, 0.15) is 4.90 Å². The molecule has 0 aromatic heterocycles. The van der Waals surface area contributed by atoms with Crippen LogP contribution in [-0.4, -0.2) is 13.0 Å². The van der Waals surface area contributed by atoms with Gasteiger partial charge in [-0.1, -0.05) is 36.4 Å². The summed E-state index contributed by atoms with van der Waals surface area (Å²) in [5.41, 5.74) is -1.60. The quantitative estimate of drug-likeness (QED) is 0.862. The molecule has 20 heavy (non-hydrogen) atoms. The average molecular weight is 302 g/mol. The Morgan fingerprint density at radius 1 is 0.900 bits per heavy atom. The van der Waals surface area contributed by atoms with E-state index in [1.165, 1.54) is 24.3 Å². The van der Waals surface area contributed by atoms with E-state index in [0.29, 0.717) is 0 Å². The van der Waals surface area contributed by atoms with Gasteiger partial charge in [-0.05, 0) is 17.7 Å². The number of hydrogen-bond donors (Lipinski definition) is 1. The van der Waals surface area contributed by atoms with E-state index in [-0.39, 0.29) is 5.56 Å². The van der Waals surface area contributed by atoms with Gasteiger partial charge in [-0.25, -0.2) is 0 Å². The maximum absolute atomic E-state index is 13.0. The maximum atomic E-state index is 13.0. The Morgan fingerprint density at radius 2 is 1.50 bits per heavy atom. The predicted octanol–water partition coefficient (Wildman–Crippen LogP) is 3.62. The second kappa shape index (κ2) is 4.92. The van der Waals surface area contributed by atoms with Crippen LogP contribution < -0.4 is 0 Å². The fraction of sp³-hybridized carbons (Fsp3) is 0.0769. The third kappa shape index (κ3) is 2.83. The van der Waals surface area contributed by atoms with Gasteiger partial charge in [0.2, 0.25) is 0 Å². The lowest BCUT2D eigenvalue weighted by atomic mass is 9.99. The minimum atomic E-state index is -4.76. The van der Waals surface area contributed by atoms with Crippen LogP contribution in [-0.2, 0) is 16.3 Å². The summed E-state index contributed by atoms with van der Waals surface area (Å²) in [6.07, 6.45) is -4.73. The first kappa shape index (κ1) is 14.5. The zero-order valence-electron chi connectivity index (χ0n) is 9.92. The lowest BCUT2D eigenvalue weighted by Gasteiger charge is -2.15. The summed E-state index contributed by atoms with van der Waals surface area (Å²) in [5, 5.41) is 0. The number of rotatable bonds is 2. The van der Waals surface area contributed by atoms with Crippen molar-refractivity contribution in [2.75, 3.05) is 0 Å². The third-order valence-electron chi connectivity index (χ3n) is 2.67. The molecule has 0 atom stereocenters. The molecule has 0 aliphatic carbocycles. The largest absolute Gasteiger partial charge is 0.417 e. The summed E-state index contributed by atoms with van der Waals surface area (Å²) < 4.78 is 70.8. The molecule has 2 rings (SSSR count). The van der Waals surface area contributed by atoms with E-state index in [9.17, 15) is 21.6 Å². The molecule has 7 heteroatoms. The Labute approximate surface area is 113 Å². The van der Waals surface area contributed by atoms with E-state index in [4.69, 9.17) is 4.55 Å². The van der Waals surface area contributed by atoms with E-state index in [2.05, 4.69) is 0 Å². The number of halogens is 3. The van der Waals surface area contributed by atoms with Gasteiger partial charge < -0.3 is 0 Å². The smallest absolute Gasteiger partial charge is 0.282 e. The molecule has 0 saturated carbocycles. The fourth-order valence-corrected chi connectivity index (χ4v) is 2.62. The van der Waals surface area contributed by atoms with Crippen molar-refractivity contribution in [1.29, 1.82) is 0 Å². The van der Waals surface area contributed by atoms with Crippen molar-refractivity contribution < 1.29 is 26.1 Å². The van der Waals surface area contributed by atoms with Crippen LogP contribution in [0, 0.1) is 0 Å². The molecular formula is C13H9F3O3S. The number of alkyl halides is 3. The zero-order chi connectivity index (χ0) is 15.0. The third-order valence-corrected chi connectivity index (χ3v) is 3.57. The van der Waals surface area contributed by atoms with Crippen LogP contribution in [0.5, 0.6) is 0 Å². The van der Waals surface area contributed by atoms with Gasteiger partial charge in [-0.15, -0.1) is 0 Å². The van der Waals surface area contributed by atoms with Gasteiger partial charge in [0.05, 0.1) is 5.56 Å². The highest BCUT2D eigenvalue weighted by molar-refractivity contribution is 7.86. The molecule has 1 N–H and O–H groups in total. The molecule has 0 saturated heterocycles. The molecule has 0 aliphatic heterocycles. The van der Waals surface area contributed by atoms with Gasteiger partial charge in [-0.2, -0.15) is 21.6 Å². The summed E-state index contributed by atoms with van der Waals surface area (Å²) in [5.74, 6) is 0. The highest BCUT2D eigenvalue weighted by atomic mass is 32.2. The Balaban J connectivity index is 2.87. The fourth-order valence-electron chi connectivity index (χ4n) is 1.88. The first-order valence-electron chi connectivity index (χ1n) is 5.44. The van der Waals surface area contributed by atoms with Crippen LogP contribution in [0.15, 0.2) is 53.4 Å². The monoisotopic (exact) mass is 302 g/mol. The van der Waals surface area contributed by atoms with E-state index in [0.717, 1.165) is 18.2 Å². The molecule has 0 amide bonds. The zero-order valence-corrected chi connectivity index (χ0v) is 10.7. The molecule has 0 fully saturated rings. The Hall–Kier alpha value is -1.86. The Kier molecular flexibility index (Phi) is 3.58. The molecule has 2 aromatic rings. The standard InChI is InChI=1S/C13H9F3O3S/c14-13(15,16)10-7-4-8-11(20(17,18)19)12(10)9-5-2-1-3-6-9/h1-8H,(H,17,18,19). The van der Waals surface area contributed by atoms with E-state index in [1.807, 2.05) is 0 Å². The van der Waals surface area contributed by atoms with Crippen LogP contribution in [0.25, 0.3) is 11.1 Å². The summed E-state index contributed by atoms with van der Waals surface area (Å²) >= 11 is 0. The number of benzene rings is 2. The molecule has 0 spiro atoms. The normalized spacial score (nSPS) is 12.4. The molecule has 0 radical (unpaired) electrons. The van der Waals surface area contributed by atoms with Gasteiger partial charge in [-0.3, -0.25) is 4.55 Å². The maximum Gasteiger partial charge on any atom is 0.417 e. The van der Waals surface area contributed by atoms with Crippen LogP contribution in [0.1, 0.15) is 5.56 Å². The van der Waals surface area contributed by atoms with E-state index >= 15 is 0 Å². The Morgan fingerprint density at radius 3 is 2.00 bits per heavy atom. The van der Waals surface area contributed by atoms with Crippen LogP contribution >= 0.6 is 0 Å². The van der Waals surface area contributed by atoms with Gasteiger partial charge in [0.15, 0.2) is 0 Å². The van der Waals surface area contributed by atoms with Gasteiger partial charge in [0.25, 0.3) is 10.1 Å². The van der Waals surface area contributed by atoms with Gasteiger partial charge in [0, 0.05) is 5.56 Å². The summed E-state index contributed by atoms with van der Waals surface area (Å²) in [4.78, 5) is -0.765. The molecule has 0 unspecified atom stereocenters. The lowest BCUT2D eigenvalue weighted by Crippen LogP contribution is -2.11. The highest BCUT2D eigenvalue weighted by Gasteiger charge is 2.36. The van der Waals surface area contributed by atoms with Crippen molar-refractivity contribution in [2.24, 2.45) is 0 Å². The predicted molar refractivity (Wildman–Crippen MR) is 66.7 cm³/mol. The van der Waals surface area contributed by atoms with Crippen molar-refractivity contribution in [3.63, 3.8) is 0 Å². The minimum Gasteiger partial charge on any atom is -0.282 e. The van der Waals surface area contributed by atoms with Crippen molar-refractivity contribution in [2.45, 2.75) is 11.1 Å². The Bertz CT molecular complexity index is 722. The summed E-state index contributed by atoms with van der Waals surface area (Å²) in [7, 11) is -4.76. The topological polar surface area (TPSA) is 54.4 Å². The van der Waals surface area contributed by atoms with Crippen LogP contribution in [0.3, 0.4) is 0 Å². The molecular weight excluding hydrogens is 293 g/mol. The SMILES string of the molecule is O=S(=O)(O)c1cccc(C(F)(F)F)c1-c1ccccc1. The summed E-state index contributed by atoms with van der Waals surface area (Å²) in [6, 6.07) is 9.90. The lowest BCUT2D eigenvalue weighted by molar-refractivity contribution is -0.137. The molecule has 106 valence electrons. The molecule has 2 aromatic carbocycles. The molecule has 3 nitrogen and oxygen atoms in total. The van der Waals surface area contributed by atoms with Crippen LogP contribution in [0.2, 0.25) is 0 Å². The van der Waals surface area contributed by atoms with Crippen molar-refractivity contribution in [3.05, 3.63) is 54.1 Å². The molecule has 0 heterocycles. The molecule has 0 aliphatic rings. The minimum absolute atomic E-state index is 0.0630. The van der Waals surface area contributed by atoms with Crippen molar-refractivity contribution in [1.82, 2.24) is 0 Å². The summed E-state index contributed by atoms with van der Waals surface area (Å²) in [6.45, 7) is 0. The van der Waals surface area contributed by atoms with Crippen molar-refractivity contribution >= 4 is 10.1 Å². The number of hydrogen-bond acceptors (Lipinski definition) is 2. The van der Waals surface area contributed by atoms with Crippen LogP contribution in [0.4, 0.5) is 13.2 Å². The average Bonchev–Trinajstić information content (AvgIpc) is 2.37. The molecule has 0 bridgehead atoms. The van der Waals surface area contributed by atoms with E-state index < -0.39 is 32.3 Å².